The first-order valence-corrected chi connectivity index (χ1v) is 9.71. The molecule has 0 aliphatic rings. The predicted octanol–water partition coefficient (Wildman–Crippen LogP) is 4.32. The average molecular weight is 383 g/mol. The fourth-order valence-corrected chi connectivity index (χ4v) is 2.65. The Bertz CT molecular complexity index is 741. The summed E-state index contributed by atoms with van der Waals surface area (Å²) in [5.74, 6) is 0.756. The van der Waals surface area contributed by atoms with Crippen LogP contribution in [0.1, 0.15) is 43.1 Å². The average Bonchev–Trinajstić information content (AvgIpc) is 2.70. The van der Waals surface area contributed by atoms with Crippen molar-refractivity contribution in [3.05, 3.63) is 65.7 Å². The van der Waals surface area contributed by atoms with Gasteiger partial charge in [0.15, 0.2) is 0 Å². The van der Waals surface area contributed by atoms with Crippen LogP contribution in [0, 0.1) is 5.92 Å². The second kappa shape index (κ2) is 11.1. The molecule has 0 saturated carbocycles. The van der Waals surface area contributed by atoms with E-state index in [-0.39, 0.29) is 18.3 Å². The van der Waals surface area contributed by atoms with Gasteiger partial charge in [-0.15, -0.1) is 0 Å². The van der Waals surface area contributed by atoms with E-state index in [0.29, 0.717) is 37.8 Å². The molecule has 0 aromatic heterocycles. The molecule has 0 atom stereocenters. The molecule has 0 bridgehead atoms. The lowest BCUT2D eigenvalue weighted by Crippen LogP contribution is -2.32. The van der Waals surface area contributed by atoms with Crippen LogP contribution >= 0.6 is 0 Å². The minimum atomic E-state index is -0.300. The third-order valence-electron chi connectivity index (χ3n) is 4.08. The van der Waals surface area contributed by atoms with E-state index in [4.69, 9.17) is 9.47 Å². The molecule has 2 aromatic rings. The Balaban J connectivity index is 2.09. The monoisotopic (exact) mass is 383 g/mol. The van der Waals surface area contributed by atoms with Gasteiger partial charge in [-0.1, -0.05) is 44.2 Å². The zero-order valence-electron chi connectivity index (χ0n) is 16.9. The standard InChI is InChI=1S/C23H29NO4/c1-4-27-22(25)14-15-24(16-19-8-6-5-7-9-19)23(26)20-10-12-21(13-11-20)28-17-18(2)3/h5-13,18H,4,14-17H2,1-3H3. The number of carbonyl (C=O) groups excluding carboxylic acids is 2. The molecule has 0 unspecified atom stereocenters. The fourth-order valence-electron chi connectivity index (χ4n) is 2.65. The Morgan fingerprint density at radius 3 is 2.29 bits per heavy atom. The van der Waals surface area contributed by atoms with Crippen molar-refractivity contribution in [3.63, 3.8) is 0 Å². The van der Waals surface area contributed by atoms with Gasteiger partial charge in [0, 0.05) is 18.7 Å². The van der Waals surface area contributed by atoms with Gasteiger partial charge in [-0.2, -0.15) is 0 Å². The largest absolute Gasteiger partial charge is 0.493 e. The summed E-state index contributed by atoms with van der Waals surface area (Å²) in [6, 6.07) is 16.9. The summed E-state index contributed by atoms with van der Waals surface area (Å²) in [6.07, 6.45) is 0.169. The number of rotatable bonds is 10. The molecule has 0 saturated heterocycles. The lowest BCUT2D eigenvalue weighted by Gasteiger charge is -2.23. The first kappa shape index (κ1) is 21.5. The maximum atomic E-state index is 13.0. The first-order chi connectivity index (χ1) is 13.5. The second-order valence-corrected chi connectivity index (χ2v) is 7.00. The number of amides is 1. The molecule has 1 amide bonds. The van der Waals surface area contributed by atoms with Gasteiger partial charge in [0.25, 0.3) is 5.91 Å². The van der Waals surface area contributed by atoms with Gasteiger partial charge >= 0.3 is 5.97 Å². The molecule has 0 fully saturated rings. The van der Waals surface area contributed by atoms with Gasteiger partial charge in [-0.25, -0.2) is 0 Å². The van der Waals surface area contributed by atoms with Crippen LogP contribution in [0.2, 0.25) is 0 Å². The van der Waals surface area contributed by atoms with E-state index in [1.165, 1.54) is 0 Å². The van der Waals surface area contributed by atoms with Crippen LogP contribution in [0.15, 0.2) is 54.6 Å². The van der Waals surface area contributed by atoms with E-state index >= 15 is 0 Å². The normalized spacial score (nSPS) is 10.6. The van der Waals surface area contributed by atoms with Crippen molar-refractivity contribution in [2.24, 2.45) is 5.92 Å². The molecule has 5 heteroatoms. The molecule has 150 valence electrons. The predicted molar refractivity (Wildman–Crippen MR) is 109 cm³/mol. The summed E-state index contributed by atoms with van der Waals surface area (Å²) in [4.78, 5) is 26.5. The summed E-state index contributed by atoms with van der Waals surface area (Å²) in [5.41, 5.74) is 1.58. The van der Waals surface area contributed by atoms with Crippen molar-refractivity contribution >= 4 is 11.9 Å². The van der Waals surface area contributed by atoms with Crippen molar-refractivity contribution in [1.82, 2.24) is 4.90 Å². The van der Waals surface area contributed by atoms with Crippen LogP contribution in [0.4, 0.5) is 0 Å². The fraction of sp³-hybridized carbons (Fsp3) is 0.391. The van der Waals surface area contributed by atoms with Crippen LogP contribution in [-0.4, -0.2) is 36.5 Å². The zero-order chi connectivity index (χ0) is 20.4. The second-order valence-electron chi connectivity index (χ2n) is 7.00. The van der Waals surface area contributed by atoms with Gasteiger partial charge in [-0.05, 0) is 42.7 Å². The topological polar surface area (TPSA) is 55.8 Å². The molecule has 0 N–H and O–H groups in total. The number of nitrogens with zero attached hydrogens (tertiary/aromatic N) is 1. The summed E-state index contributed by atoms with van der Waals surface area (Å²) < 4.78 is 10.7. The summed E-state index contributed by atoms with van der Waals surface area (Å²) >= 11 is 0. The Labute approximate surface area is 167 Å². The van der Waals surface area contributed by atoms with E-state index < -0.39 is 0 Å². The molecule has 0 spiro atoms. The van der Waals surface area contributed by atoms with E-state index in [1.54, 1.807) is 24.0 Å². The molecule has 28 heavy (non-hydrogen) atoms. The van der Waals surface area contributed by atoms with Crippen molar-refractivity contribution in [2.75, 3.05) is 19.8 Å². The minimum Gasteiger partial charge on any atom is -0.493 e. The Morgan fingerprint density at radius 2 is 1.68 bits per heavy atom. The number of benzene rings is 2. The quantitative estimate of drug-likeness (QED) is 0.574. The lowest BCUT2D eigenvalue weighted by atomic mass is 10.1. The molecule has 2 rings (SSSR count). The van der Waals surface area contributed by atoms with Gasteiger partial charge in [0.1, 0.15) is 5.75 Å². The number of hydrogen-bond acceptors (Lipinski definition) is 4. The molecule has 0 heterocycles. The van der Waals surface area contributed by atoms with Crippen molar-refractivity contribution in [1.29, 1.82) is 0 Å². The van der Waals surface area contributed by atoms with Gasteiger partial charge < -0.3 is 14.4 Å². The summed E-state index contributed by atoms with van der Waals surface area (Å²) in [6.45, 7) is 7.65. The SMILES string of the molecule is CCOC(=O)CCN(Cc1ccccc1)C(=O)c1ccc(OCC(C)C)cc1. The Kier molecular flexibility index (Phi) is 8.53. The minimum absolute atomic E-state index is 0.122. The third kappa shape index (κ3) is 7.06. The number of hydrogen-bond donors (Lipinski definition) is 0. The molecule has 0 aliphatic heterocycles. The van der Waals surface area contributed by atoms with Crippen LogP contribution in [-0.2, 0) is 16.1 Å². The Morgan fingerprint density at radius 1 is 1.00 bits per heavy atom. The van der Waals surface area contributed by atoms with Crippen LogP contribution in [0.25, 0.3) is 0 Å². The number of ether oxygens (including phenoxy) is 2. The third-order valence-corrected chi connectivity index (χ3v) is 4.08. The molecular weight excluding hydrogens is 354 g/mol. The van der Waals surface area contributed by atoms with E-state index in [2.05, 4.69) is 13.8 Å². The van der Waals surface area contributed by atoms with Gasteiger partial charge in [0.2, 0.25) is 0 Å². The highest BCUT2D eigenvalue weighted by Crippen LogP contribution is 2.16. The van der Waals surface area contributed by atoms with E-state index in [1.807, 2.05) is 42.5 Å². The number of esters is 1. The highest BCUT2D eigenvalue weighted by Gasteiger charge is 2.18. The van der Waals surface area contributed by atoms with Gasteiger partial charge in [-0.3, -0.25) is 9.59 Å². The summed E-state index contributed by atoms with van der Waals surface area (Å²) in [7, 11) is 0. The van der Waals surface area contributed by atoms with Crippen LogP contribution in [0.5, 0.6) is 5.75 Å². The first-order valence-electron chi connectivity index (χ1n) is 9.71. The Hall–Kier alpha value is -2.82. The van der Waals surface area contributed by atoms with Crippen LogP contribution in [0.3, 0.4) is 0 Å². The van der Waals surface area contributed by atoms with Gasteiger partial charge in [0.05, 0.1) is 19.6 Å². The highest BCUT2D eigenvalue weighted by atomic mass is 16.5. The molecular formula is C23H29NO4. The zero-order valence-corrected chi connectivity index (χ0v) is 16.9. The smallest absolute Gasteiger partial charge is 0.307 e. The summed E-state index contributed by atoms with van der Waals surface area (Å²) in [5, 5.41) is 0. The van der Waals surface area contributed by atoms with Crippen LogP contribution < -0.4 is 4.74 Å². The maximum Gasteiger partial charge on any atom is 0.307 e. The van der Waals surface area contributed by atoms with Crippen molar-refractivity contribution in [3.8, 4) is 5.75 Å². The molecule has 0 aliphatic carbocycles. The van der Waals surface area contributed by atoms with E-state index in [9.17, 15) is 9.59 Å². The highest BCUT2D eigenvalue weighted by molar-refractivity contribution is 5.94. The van der Waals surface area contributed by atoms with Crippen molar-refractivity contribution in [2.45, 2.75) is 33.7 Å². The van der Waals surface area contributed by atoms with Crippen molar-refractivity contribution < 1.29 is 19.1 Å². The number of carbonyl (C=O) groups is 2. The maximum absolute atomic E-state index is 13.0. The molecule has 0 radical (unpaired) electrons. The molecule has 2 aromatic carbocycles. The lowest BCUT2D eigenvalue weighted by molar-refractivity contribution is -0.143. The molecule has 5 nitrogen and oxygen atoms in total. The van der Waals surface area contributed by atoms with E-state index in [0.717, 1.165) is 11.3 Å².